The van der Waals surface area contributed by atoms with Crippen molar-refractivity contribution in [3.63, 3.8) is 0 Å². The van der Waals surface area contributed by atoms with Crippen LogP contribution in [0, 0.1) is 6.92 Å². The number of anilines is 2. The van der Waals surface area contributed by atoms with E-state index >= 15 is 0 Å². The van der Waals surface area contributed by atoms with Gasteiger partial charge in [-0.25, -0.2) is 0 Å². The molecule has 0 bridgehead atoms. The highest BCUT2D eigenvalue weighted by atomic mass is 16.2. The SMILES string of the molecule is CCC(=O)Nc1ccc(N(C)C)c(CN(C(=O)c2cccc(C)c2)[C@H](C)CC)c1. The number of hydrogen-bond donors (Lipinski definition) is 1. The van der Waals surface area contributed by atoms with Crippen LogP contribution in [0.25, 0.3) is 0 Å². The van der Waals surface area contributed by atoms with E-state index in [9.17, 15) is 9.59 Å². The van der Waals surface area contributed by atoms with Gasteiger partial charge in [0.1, 0.15) is 0 Å². The molecule has 0 saturated carbocycles. The third kappa shape index (κ3) is 5.83. The van der Waals surface area contributed by atoms with Crippen molar-refractivity contribution in [2.24, 2.45) is 0 Å². The number of nitrogens with one attached hydrogen (secondary N) is 1. The third-order valence-electron chi connectivity index (χ3n) is 5.16. The fourth-order valence-corrected chi connectivity index (χ4v) is 3.25. The average molecular weight is 396 g/mol. The summed E-state index contributed by atoms with van der Waals surface area (Å²) in [5.74, 6) is -0.000995. The van der Waals surface area contributed by atoms with Crippen molar-refractivity contribution in [3.8, 4) is 0 Å². The predicted octanol–water partition coefficient (Wildman–Crippen LogP) is 4.85. The van der Waals surface area contributed by atoms with Crippen LogP contribution in [0.1, 0.15) is 55.1 Å². The Balaban J connectivity index is 2.42. The highest BCUT2D eigenvalue weighted by molar-refractivity contribution is 5.95. The van der Waals surface area contributed by atoms with E-state index in [1.165, 1.54) is 0 Å². The molecule has 2 aromatic rings. The first kappa shape index (κ1) is 22.5. The average Bonchev–Trinajstić information content (AvgIpc) is 2.70. The Bertz CT molecular complexity index is 861. The fourth-order valence-electron chi connectivity index (χ4n) is 3.25. The van der Waals surface area contributed by atoms with Crippen molar-refractivity contribution >= 4 is 23.2 Å². The molecule has 29 heavy (non-hydrogen) atoms. The smallest absolute Gasteiger partial charge is 0.254 e. The molecule has 0 saturated heterocycles. The quantitative estimate of drug-likeness (QED) is 0.695. The number of rotatable bonds is 8. The topological polar surface area (TPSA) is 52.7 Å². The maximum absolute atomic E-state index is 13.3. The van der Waals surface area contributed by atoms with Crippen LogP contribution >= 0.6 is 0 Å². The van der Waals surface area contributed by atoms with Crippen molar-refractivity contribution in [1.82, 2.24) is 4.90 Å². The van der Waals surface area contributed by atoms with Crippen LogP contribution in [0.3, 0.4) is 0 Å². The van der Waals surface area contributed by atoms with Gasteiger partial charge in [0.15, 0.2) is 0 Å². The Morgan fingerprint density at radius 3 is 2.38 bits per heavy atom. The molecule has 5 heteroatoms. The molecule has 1 N–H and O–H groups in total. The lowest BCUT2D eigenvalue weighted by molar-refractivity contribution is -0.115. The molecule has 0 unspecified atom stereocenters. The van der Waals surface area contributed by atoms with Gasteiger partial charge in [0.2, 0.25) is 5.91 Å². The van der Waals surface area contributed by atoms with Gasteiger partial charge in [0.25, 0.3) is 5.91 Å². The number of carbonyl (C=O) groups is 2. The number of aryl methyl sites for hydroxylation is 1. The normalized spacial score (nSPS) is 11.7. The van der Waals surface area contributed by atoms with Gasteiger partial charge in [-0.3, -0.25) is 9.59 Å². The summed E-state index contributed by atoms with van der Waals surface area (Å²) in [4.78, 5) is 29.1. The Kier molecular flexibility index (Phi) is 7.82. The van der Waals surface area contributed by atoms with Gasteiger partial charge in [-0.1, -0.05) is 31.5 Å². The fraction of sp³-hybridized carbons (Fsp3) is 0.417. The van der Waals surface area contributed by atoms with Gasteiger partial charge < -0.3 is 15.1 Å². The van der Waals surface area contributed by atoms with Crippen molar-refractivity contribution in [2.75, 3.05) is 24.3 Å². The number of carbonyl (C=O) groups excluding carboxylic acids is 2. The Hall–Kier alpha value is -2.82. The molecule has 0 radical (unpaired) electrons. The maximum Gasteiger partial charge on any atom is 0.254 e. The molecule has 2 aromatic carbocycles. The molecule has 5 nitrogen and oxygen atoms in total. The summed E-state index contributed by atoms with van der Waals surface area (Å²) < 4.78 is 0. The summed E-state index contributed by atoms with van der Waals surface area (Å²) in [6.45, 7) is 8.47. The van der Waals surface area contributed by atoms with Crippen molar-refractivity contribution in [1.29, 1.82) is 0 Å². The van der Waals surface area contributed by atoms with E-state index in [4.69, 9.17) is 0 Å². The van der Waals surface area contributed by atoms with E-state index in [1.807, 2.05) is 80.2 Å². The van der Waals surface area contributed by atoms with E-state index in [2.05, 4.69) is 19.2 Å². The summed E-state index contributed by atoms with van der Waals surface area (Å²) in [5, 5.41) is 2.92. The standard InChI is InChI=1S/C24H33N3O2/c1-7-18(4)27(24(29)19-11-9-10-17(3)14-19)16-20-15-21(25-23(28)8-2)12-13-22(20)26(5)6/h9-15,18H,7-8,16H2,1-6H3,(H,25,28)/t18-/m1/s1. The number of nitrogens with zero attached hydrogens (tertiary/aromatic N) is 2. The lowest BCUT2D eigenvalue weighted by Crippen LogP contribution is -2.38. The first-order chi connectivity index (χ1) is 13.8. The maximum atomic E-state index is 13.3. The first-order valence-corrected chi connectivity index (χ1v) is 10.2. The zero-order valence-corrected chi connectivity index (χ0v) is 18.5. The van der Waals surface area contributed by atoms with Crippen LogP contribution in [0.15, 0.2) is 42.5 Å². The molecular formula is C24H33N3O2. The van der Waals surface area contributed by atoms with E-state index in [1.54, 1.807) is 0 Å². The zero-order chi connectivity index (χ0) is 21.6. The van der Waals surface area contributed by atoms with Gasteiger partial charge in [0, 0.05) is 50.0 Å². The van der Waals surface area contributed by atoms with Crippen molar-refractivity contribution < 1.29 is 9.59 Å². The second kappa shape index (κ2) is 10.1. The number of amides is 2. The molecule has 2 amide bonds. The number of benzene rings is 2. The van der Waals surface area contributed by atoms with E-state index in [0.717, 1.165) is 28.9 Å². The minimum Gasteiger partial charge on any atom is -0.377 e. The summed E-state index contributed by atoms with van der Waals surface area (Å²) >= 11 is 0. The number of hydrogen-bond acceptors (Lipinski definition) is 3. The second-order valence-electron chi connectivity index (χ2n) is 7.70. The van der Waals surface area contributed by atoms with Crippen LogP contribution in [-0.2, 0) is 11.3 Å². The van der Waals surface area contributed by atoms with Gasteiger partial charge >= 0.3 is 0 Å². The molecule has 2 rings (SSSR count). The summed E-state index contributed by atoms with van der Waals surface area (Å²) in [6.07, 6.45) is 1.29. The van der Waals surface area contributed by atoms with Gasteiger partial charge in [0.05, 0.1) is 0 Å². The largest absolute Gasteiger partial charge is 0.377 e. The van der Waals surface area contributed by atoms with Gasteiger partial charge in [-0.2, -0.15) is 0 Å². The molecule has 0 aliphatic carbocycles. The van der Waals surface area contributed by atoms with Crippen molar-refractivity contribution in [2.45, 2.75) is 53.1 Å². The molecule has 0 fully saturated rings. The van der Waals surface area contributed by atoms with E-state index < -0.39 is 0 Å². The Morgan fingerprint density at radius 1 is 1.07 bits per heavy atom. The highest BCUT2D eigenvalue weighted by Crippen LogP contribution is 2.26. The second-order valence-corrected chi connectivity index (χ2v) is 7.70. The lowest BCUT2D eigenvalue weighted by atomic mass is 10.1. The van der Waals surface area contributed by atoms with Crippen LogP contribution in [0.2, 0.25) is 0 Å². The van der Waals surface area contributed by atoms with E-state index in [0.29, 0.717) is 18.5 Å². The first-order valence-electron chi connectivity index (χ1n) is 10.2. The summed E-state index contributed by atoms with van der Waals surface area (Å²) in [5.41, 5.74) is 4.56. The summed E-state index contributed by atoms with van der Waals surface area (Å²) in [7, 11) is 3.97. The molecule has 0 spiro atoms. The van der Waals surface area contributed by atoms with Gasteiger partial charge in [-0.15, -0.1) is 0 Å². The third-order valence-corrected chi connectivity index (χ3v) is 5.16. The van der Waals surface area contributed by atoms with Gasteiger partial charge in [-0.05, 0) is 56.2 Å². The van der Waals surface area contributed by atoms with Crippen molar-refractivity contribution in [3.05, 3.63) is 59.2 Å². The molecule has 0 heterocycles. The molecule has 0 aliphatic rings. The highest BCUT2D eigenvalue weighted by Gasteiger charge is 2.22. The van der Waals surface area contributed by atoms with Crippen LogP contribution in [-0.4, -0.2) is 36.9 Å². The van der Waals surface area contributed by atoms with Crippen LogP contribution < -0.4 is 10.2 Å². The van der Waals surface area contributed by atoms with E-state index in [-0.39, 0.29) is 17.9 Å². The van der Waals surface area contributed by atoms with Crippen LogP contribution in [0.4, 0.5) is 11.4 Å². The summed E-state index contributed by atoms with van der Waals surface area (Å²) in [6, 6.07) is 13.7. The zero-order valence-electron chi connectivity index (χ0n) is 18.5. The van der Waals surface area contributed by atoms with Crippen LogP contribution in [0.5, 0.6) is 0 Å². The molecule has 1 atom stereocenters. The molecule has 156 valence electrons. The minimum absolute atomic E-state index is 0.0238. The Labute approximate surface area is 174 Å². The molecule has 0 aromatic heterocycles. The monoisotopic (exact) mass is 395 g/mol. The molecule has 0 aliphatic heterocycles. The lowest BCUT2D eigenvalue weighted by Gasteiger charge is -2.31. The predicted molar refractivity (Wildman–Crippen MR) is 120 cm³/mol. The Morgan fingerprint density at radius 2 is 1.79 bits per heavy atom. The minimum atomic E-state index is -0.0248. The molecular weight excluding hydrogens is 362 g/mol.